The normalized spacial score (nSPS) is 10.5. The van der Waals surface area contributed by atoms with Crippen LogP contribution in [0.4, 0.5) is 5.69 Å². The van der Waals surface area contributed by atoms with Crippen LogP contribution in [0.2, 0.25) is 0 Å². The fraction of sp³-hybridized carbons (Fsp3) is 0.214. The number of aromatic nitrogens is 1. The second-order valence-electron chi connectivity index (χ2n) is 4.30. The van der Waals surface area contributed by atoms with Crippen molar-refractivity contribution in [3.63, 3.8) is 0 Å². The van der Waals surface area contributed by atoms with Crippen molar-refractivity contribution in [3.8, 4) is 0 Å². The van der Waals surface area contributed by atoms with Gasteiger partial charge in [0.1, 0.15) is 0 Å². The second kappa shape index (κ2) is 6.39. The Morgan fingerprint density at radius 1 is 1.26 bits per heavy atom. The maximum Gasteiger partial charge on any atom is 0.264 e. The number of halogens is 2. The van der Waals surface area contributed by atoms with E-state index in [4.69, 9.17) is 0 Å². The average molecular weight is 386 g/mol. The molecule has 3 nitrogen and oxygen atoms in total. The lowest BCUT2D eigenvalue weighted by Crippen LogP contribution is -2.23. The molecule has 0 aliphatic rings. The molecule has 5 heteroatoms. The topological polar surface area (TPSA) is 34.0 Å². The van der Waals surface area contributed by atoms with E-state index in [1.54, 1.807) is 16.8 Å². The van der Waals surface area contributed by atoms with Crippen molar-refractivity contribution < 1.29 is 0 Å². The molecule has 0 saturated carbocycles. The van der Waals surface area contributed by atoms with Crippen LogP contribution in [0.5, 0.6) is 0 Å². The number of aryl methyl sites for hydroxylation is 1. The Hall–Kier alpha value is -1.07. The summed E-state index contributed by atoms with van der Waals surface area (Å²) in [6, 6.07) is 9.93. The molecule has 100 valence electrons. The summed E-state index contributed by atoms with van der Waals surface area (Å²) in [6.45, 7) is 3.37. The molecule has 19 heavy (non-hydrogen) atoms. The fourth-order valence-corrected chi connectivity index (χ4v) is 3.06. The molecule has 0 unspecified atom stereocenters. The van der Waals surface area contributed by atoms with E-state index >= 15 is 0 Å². The van der Waals surface area contributed by atoms with Crippen LogP contribution in [0, 0.1) is 6.92 Å². The van der Waals surface area contributed by atoms with E-state index in [1.165, 1.54) is 5.56 Å². The first-order valence-electron chi connectivity index (χ1n) is 5.92. The zero-order chi connectivity index (χ0) is 13.8. The van der Waals surface area contributed by atoms with Crippen molar-refractivity contribution >= 4 is 37.5 Å². The lowest BCUT2D eigenvalue weighted by molar-refractivity contribution is 0.692. The van der Waals surface area contributed by atoms with Gasteiger partial charge in [-0.1, -0.05) is 12.1 Å². The van der Waals surface area contributed by atoms with E-state index in [2.05, 4.69) is 56.2 Å². The van der Waals surface area contributed by atoms with E-state index in [1.807, 2.05) is 12.1 Å². The molecule has 0 saturated heterocycles. The van der Waals surface area contributed by atoms with Gasteiger partial charge >= 0.3 is 0 Å². The van der Waals surface area contributed by atoms with Crippen LogP contribution < -0.4 is 10.9 Å². The van der Waals surface area contributed by atoms with Crippen LogP contribution in [0.1, 0.15) is 5.56 Å². The molecule has 0 spiro atoms. The van der Waals surface area contributed by atoms with Gasteiger partial charge in [0.2, 0.25) is 0 Å². The van der Waals surface area contributed by atoms with Crippen LogP contribution in [0.25, 0.3) is 0 Å². The summed E-state index contributed by atoms with van der Waals surface area (Å²) < 4.78 is 3.13. The van der Waals surface area contributed by atoms with Crippen LogP contribution in [-0.2, 0) is 6.54 Å². The predicted octanol–water partition coefficient (Wildman–Crippen LogP) is 3.79. The van der Waals surface area contributed by atoms with Crippen LogP contribution in [-0.4, -0.2) is 11.1 Å². The summed E-state index contributed by atoms with van der Waals surface area (Å²) in [4.78, 5) is 11.9. The zero-order valence-electron chi connectivity index (χ0n) is 10.5. The molecule has 2 aromatic rings. The minimum Gasteiger partial charge on any atom is -0.383 e. The van der Waals surface area contributed by atoms with Crippen molar-refractivity contribution in [1.82, 2.24) is 4.57 Å². The highest BCUT2D eigenvalue weighted by molar-refractivity contribution is 9.11. The fourth-order valence-electron chi connectivity index (χ4n) is 1.81. The lowest BCUT2D eigenvalue weighted by atomic mass is 10.2. The number of nitrogens with one attached hydrogen (secondary N) is 1. The Morgan fingerprint density at radius 2 is 2.05 bits per heavy atom. The summed E-state index contributed by atoms with van der Waals surface area (Å²) >= 11 is 6.64. The third kappa shape index (κ3) is 3.94. The van der Waals surface area contributed by atoms with Gasteiger partial charge in [0.15, 0.2) is 0 Å². The number of nitrogens with zero attached hydrogens (tertiary/aromatic N) is 1. The Balaban J connectivity index is 2.02. The first-order valence-corrected chi connectivity index (χ1v) is 7.51. The van der Waals surface area contributed by atoms with E-state index in [0.29, 0.717) is 17.6 Å². The molecule has 0 aliphatic heterocycles. The van der Waals surface area contributed by atoms with Gasteiger partial charge in [-0.15, -0.1) is 0 Å². The number of hydrogen-bond acceptors (Lipinski definition) is 2. The maximum absolute atomic E-state index is 11.9. The third-order valence-corrected chi connectivity index (χ3v) is 3.71. The number of anilines is 1. The summed E-state index contributed by atoms with van der Waals surface area (Å²) in [5, 5.41) is 3.31. The Labute approximate surface area is 128 Å². The van der Waals surface area contributed by atoms with Gasteiger partial charge in [0.05, 0.1) is 4.47 Å². The Bertz CT molecular complexity index is 638. The van der Waals surface area contributed by atoms with Gasteiger partial charge in [-0.3, -0.25) is 4.79 Å². The van der Waals surface area contributed by atoms with E-state index in [0.717, 1.165) is 10.2 Å². The van der Waals surface area contributed by atoms with Gasteiger partial charge in [-0.05, 0) is 62.5 Å². The highest BCUT2D eigenvalue weighted by Crippen LogP contribution is 2.13. The van der Waals surface area contributed by atoms with Crippen molar-refractivity contribution in [2.45, 2.75) is 13.5 Å². The molecule has 1 heterocycles. The highest BCUT2D eigenvalue weighted by atomic mass is 79.9. The van der Waals surface area contributed by atoms with Crippen molar-refractivity contribution in [2.24, 2.45) is 0 Å². The summed E-state index contributed by atoms with van der Waals surface area (Å²) in [6.07, 6.45) is 1.80. The minimum atomic E-state index is -0.0192. The van der Waals surface area contributed by atoms with Crippen molar-refractivity contribution in [3.05, 3.63) is 61.4 Å². The van der Waals surface area contributed by atoms with Crippen LogP contribution in [0.15, 0.2) is 50.3 Å². The minimum absolute atomic E-state index is 0.0192. The number of pyridine rings is 1. The molecule has 2 rings (SSSR count). The van der Waals surface area contributed by atoms with Gasteiger partial charge < -0.3 is 9.88 Å². The zero-order valence-corrected chi connectivity index (χ0v) is 13.7. The molecule has 1 N–H and O–H groups in total. The van der Waals surface area contributed by atoms with Crippen molar-refractivity contribution in [1.29, 1.82) is 0 Å². The molecule has 0 amide bonds. The SMILES string of the molecule is Cc1cccc(NCCn2cc(Br)cc(Br)c2=O)c1. The lowest BCUT2D eigenvalue weighted by Gasteiger charge is -2.10. The third-order valence-electron chi connectivity index (χ3n) is 2.71. The molecule has 0 fully saturated rings. The largest absolute Gasteiger partial charge is 0.383 e. The number of rotatable bonds is 4. The second-order valence-corrected chi connectivity index (χ2v) is 6.07. The van der Waals surface area contributed by atoms with Gasteiger partial charge in [0, 0.05) is 29.4 Å². The molecule has 1 aromatic carbocycles. The summed E-state index contributed by atoms with van der Waals surface area (Å²) in [5.41, 5.74) is 2.27. The standard InChI is InChI=1S/C14H14Br2N2O/c1-10-3-2-4-12(7-10)17-5-6-18-9-11(15)8-13(16)14(18)19/h2-4,7-9,17H,5-6H2,1H3. The molecule has 1 aromatic heterocycles. The Kier molecular flexibility index (Phi) is 4.82. The molecular formula is C14H14Br2N2O. The molecular weight excluding hydrogens is 372 g/mol. The quantitative estimate of drug-likeness (QED) is 0.868. The van der Waals surface area contributed by atoms with Crippen LogP contribution in [0.3, 0.4) is 0 Å². The highest BCUT2D eigenvalue weighted by Gasteiger charge is 2.02. The monoisotopic (exact) mass is 384 g/mol. The van der Waals surface area contributed by atoms with E-state index in [9.17, 15) is 4.79 Å². The maximum atomic E-state index is 11.9. The van der Waals surface area contributed by atoms with Gasteiger partial charge in [0.25, 0.3) is 5.56 Å². The summed E-state index contributed by atoms with van der Waals surface area (Å²) in [5.74, 6) is 0. The first kappa shape index (κ1) is 14.3. The molecule has 0 bridgehead atoms. The molecule has 0 atom stereocenters. The first-order chi connectivity index (χ1) is 9.06. The number of benzene rings is 1. The van der Waals surface area contributed by atoms with Crippen LogP contribution >= 0.6 is 31.9 Å². The van der Waals surface area contributed by atoms with E-state index < -0.39 is 0 Å². The molecule has 0 radical (unpaired) electrons. The number of hydrogen-bond donors (Lipinski definition) is 1. The molecule has 0 aliphatic carbocycles. The van der Waals surface area contributed by atoms with E-state index in [-0.39, 0.29) is 5.56 Å². The smallest absolute Gasteiger partial charge is 0.264 e. The summed E-state index contributed by atoms with van der Waals surface area (Å²) in [7, 11) is 0. The Morgan fingerprint density at radius 3 is 2.79 bits per heavy atom. The predicted molar refractivity (Wildman–Crippen MR) is 85.8 cm³/mol. The van der Waals surface area contributed by atoms with Crippen molar-refractivity contribution in [2.75, 3.05) is 11.9 Å². The van der Waals surface area contributed by atoms with Gasteiger partial charge in [-0.2, -0.15) is 0 Å². The average Bonchev–Trinajstić information content (AvgIpc) is 2.35. The van der Waals surface area contributed by atoms with Gasteiger partial charge in [-0.25, -0.2) is 0 Å².